The number of pyridine rings is 1. The van der Waals surface area contributed by atoms with Gasteiger partial charge >= 0.3 is 0 Å². The topological polar surface area (TPSA) is 31.4 Å². The predicted molar refractivity (Wildman–Crippen MR) is 74.3 cm³/mol. The van der Waals surface area contributed by atoms with E-state index in [0.717, 1.165) is 23.1 Å². The minimum Gasteiger partial charge on any atom is -0.485 e. The summed E-state index contributed by atoms with van der Waals surface area (Å²) in [5.74, 6) is 0.833. The van der Waals surface area contributed by atoms with Crippen LogP contribution in [0.15, 0.2) is 36.5 Å². The van der Waals surface area contributed by atoms with E-state index in [0.29, 0.717) is 4.83 Å². The quantitative estimate of drug-likeness (QED) is 0.816. The van der Waals surface area contributed by atoms with E-state index in [1.165, 1.54) is 0 Å². The molecule has 3 nitrogen and oxygen atoms in total. The van der Waals surface area contributed by atoms with Gasteiger partial charge in [0.2, 0.25) is 0 Å². The van der Waals surface area contributed by atoms with Crippen molar-refractivity contribution in [2.75, 3.05) is 7.11 Å². The second kappa shape index (κ2) is 4.86. The lowest BCUT2D eigenvalue weighted by atomic mass is 9.91. The molecule has 94 valence electrons. The zero-order valence-corrected chi connectivity index (χ0v) is 11.6. The number of halogens is 1. The largest absolute Gasteiger partial charge is 0.485 e. The molecule has 1 heterocycles. The first kappa shape index (κ1) is 11.9. The molecule has 0 bridgehead atoms. The monoisotopic (exact) mass is 307 g/mol. The SMILES string of the molecule is COC1C(Br)CC1Oc1cccc2cccnc12. The first-order chi connectivity index (χ1) is 8.79. The number of benzene rings is 1. The highest BCUT2D eigenvalue weighted by Crippen LogP contribution is 2.35. The molecule has 3 unspecified atom stereocenters. The first-order valence-corrected chi connectivity index (χ1v) is 6.88. The molecule has 1 saturated carbocycles. The summed E-state index contributed by atoms with van der Waals surface area (Å²) in [6.07, 6.45) is 2.97. The van der Waals surface area contributed by atoms with Gasteiger partial charge in [-0.15, -0.1) is 0 Å². The van der Waals surface area contributed by atoms with Crippen LogP contribution in [0.1, 0.15) is 6.42 Å². The van der Waals surface area contributed by atoms with Crippen molar-refractivity contribution in [1.82, 2.24) is 4.98 Å². The van der Waals surface area contributed by atoms with Crippen LogP contribution < -0.4 is 4.74 Å². The summed E-state index contributed by atoms with van der Waals surface area (Å²) >= 11 is 3.57. The molecule has 4 heteroatoms. The molecule has 0 radical (unpaired) electrons. The van der Waals surface area contributed by atoms with Gasteiger partial charge in [0.25, 0.3) is 0 Å². The summed E-state index contributed by atoms with van der Waals surface area (Å²) in [6.45, 7) is 0. The molecule has 1 fully saturated rings. The van der Waals surface area contributed by atoms with E-state index >= 15 is 0 Å². The normalized spacial score (nSPS) is 26.9. The highest BCUT2D eigenvalue weighted by Gasteiger charge is 2.41. The fourth-order valence-electron chi connectivity index (χ4n) is 2.28. The molecule has 0 aliphatic heterocycles. The molecule has 18 heavy (non-hydrogen) atoms. The van der Waals surface area contributed by atoms with Gasteiger partial charge in [-0.3, -0.25) is 4.98 Å². The smallest absolute Gasteiger partial charge is 0.146 e. The number of methoxy groups -OCH3 is 1. The lowest BCUT2D eigenvalue weighted by Crippen LogP contribution is -2.51. The molecular formula is C14H14BrNO2. The molecule has 1 aromatic carbocycles. The summed E-state index contributed by atoms with van der Waals surface area (Å²) < 4.78 is 11.4. The van der Waals surface area contributed by atoms with Gasteiger partial charge in [0.1, 0.15) is 23.5 Å². The first-order valence-electron chi connectivity index (χ1n) is 5.97. The molecule has 0 amide bonds. The van der Waals surface area contributed by atoms with Crippen LogP contribution >= 0.6 is 15.9 Å². The lowest BCUT2D eigenvalue weighted by Gasteiger charge is -2.40. The van der Waals surface area contributed by atoms with E-state index in [2.05, 4.69) is 20.9 Å². The maximum atomic E-state index is 6.02. The van der Waals surface area contributed by atoms with Crippen LogP contribution in [0.2, 0.25) is 0 Å². The Morgan fingerprint density at radius 2 is 2.11 bits per heavy atom. The van der Waals surface area contributed by atoms with E-state index in [9.17, 15) is 0 Å². The van der Waals surface area contributed by atoms with Crippen molar-refractivity contribution >= 4 is 26.8 Å². The number of fused-ring (bicyclic) bond motifs is 1. The van der Waals surface area contributed by atoms with Crippen LogP contribution in [-0.4, -0.2) is 29.1 Å². The lowest BCUT2D eigenvalue weighted by molar-refractivity contribution is -0.0539. The summed E-state index contributed by atoms with van der Waals surface area (Å²) in [6, 6.07) is 9.96. The Morgan fingerprint density at radius 1 is 1.28 bits per heavy atom. The number of nitrogens with zero attached hydrogens (tertiary/aromatic N) is 1. The molecule has 0 N–H and O–H groups in total. The molecule has 1 aliphatic carbocycles. The van der Waals surface area contributed by atoms with Gasteiger partial charge in [0, 0.05) is 29.9 Å². The Kier molecular flexibility index (Phi) is 3.22. The fourth-order valence-corrected chi connectivity index (χ4v) is 3.20. The summed E-state index contributed by atoms with van der Waals surface area (Å²) in [4.78, 5) is 4.77. The van der Waals surface area contributed by atoms with Crippen LogP contribution in [0, 0.1) is 0 Å². The Labute approximate surface area is 114 Å². The number of ether oxygens (including phenoxy) is 2. The zero-order valence-electron chi connectivity index (χ0n) is 10.0. The van der Waals surface area contributed by atoms with E-state index < -0.39 is 0 Å². The number of rotatable bonds is 3. The van der Waals surface area contributed by atoms with E-state index in [1.54, 1.807) is 13.3 Å². The molecule has 1 aliphatic rings. The molecular weight excluding hydrogens is 294 g/mol. The molecule has 3 atom stereocenters. The minimum absolute atomic E-state index is 0.104. The maximum Gasteiger partial charge on any atom is 0.146 e. The van der Waals surface area contributed by atoms with Gasteiger partial charge in [0.15, 0.2) is 0 Å². The van der Waals surface area contributed by atoms with Gasteiger partial charge in [0.05, 0.1) is 0 Å². The number of aromatic nitrogens is 1. The Morgan fingerprint density at radius 3 is 2.89 bits per heavy atom. The fraction of sp³-hybridized carbons (Fsp3) is 0.357. The standard InChI is InChI=1S/C14H14BrNO2/c1-17-14-10(15)8-12(14)18-11-6-2-4-9-5-3-7-16-13(9)11/h2-7,10,12,14H,8H2,1H3. The van der Waals surface area contributed by atoms with Crippen molar-refractivity contribution in [2.24, 2.45) is 0 Å². The molecule has 1 aromatic heterocycles. The van der Waals surface area contributed by atoms with Gasteiger partial charge in [-0.1, -0.05) is 34.1 Å². The average Bonchev–Trinajstić information content (AvgIpc) is 2.39. The number of alkyl halides is 1. The minimum atomic E-state index is 0.104. The van der Waals surface area contributed by atoms with Crippen molar-refractivity contribution < 1.29 is 9.47 Å². The third kappa shape index (κ3) is 1.99. The van der Waals surface area contributed by atoms with Gasteiger partial charge in [-0.25, -0.2) is 0 Å². The van der Waals surface area contributed by atoms with Crippen molar-refractivity contribution in [3.63, 3.8) is 0 Å². The van der Waals surface area contributed by atoms with E-state index in [4.69, 9.17) is 9.47 Å². The van der Waals surface area contributed by atoms with Gasteiger partial charge in [-0.05, 0) is 12.1 Å². The summed E-state index contributed by atoms with van der Waals surface area (Å²) in [7, 11) is 1.72. The Hall–Kier alpha value is -1.13. The second-order valence-electron chi connectivity index (χ2n) is 4.44. The van der Waals surface area contributed by atoms with Crippen LogP contribution in [0.25, 0.3) is 10.9 Å². The molecule has 0 spiro atoms. The van der Waals surface area contributed by atoms with Crippen molar-refractivity contribution in [3.05, 3.63) is 36.5 Å². The number of para-hydroxylation sites is 1. The summed E-state index contributed by atoms with van der Waals surface area (Å²) in [5, 5.41) is 1.10. The van der Waals surface area contributed by atoms with Crippen molar-refractivity contribution in [1.29, 1.82) is 0 Å². The van der Waals surface area contributed by atoms with Crippen molar-refractivity contribution in [3.8, 4) is 5.75 Å². The third-order valence-corrected chi connectivity index (χ3v) is 4.22. The zero-order chi connectivity index (χ0) is 12.5. The van der Waals surface area contributed by atoms with Gasteiger partial charge in [-0.2, -0.15) is 0 Å². The average molecular weight is 308 g/mol. The molecule has 0 saturated heterocycles. The van der Waals surface area contributed by atoms with E-state index in [1.807, 2.05) is 30.3 Å². The summed E-state index contributed by atoms with van der Waals surface area (Å²) in [5.41, 5.74) is 0.910. The number of hydrogen-bond donors (Lipinski definition) is 0. The Balaban J connectivity index is 1.87. The third-order valence-electron chi connectivity index (χ3n) is 3.33. The predicted octanol–water partition coefficient (Wildman–Crippen LogP) is 3.16. The molecule has 3 rings (SSSR count). The second-order valence-corrected chi connectivity index (χ2v) is 5.62. The molecule has 2 aromatic rings. The maximum absolute atomic E-state index is 6.02. The van der Waals surface area contributed by atoms with Crippen molar-refractivity contribution in [2.45, 2.75) is 23.5 Å². The Bertz CT molecular complexity index is 555. The number of hydrogen-bond acceptors (Lipinski definition) is 3. The van der Waals surface area contributed by atoms with Crippen LogP contribution in [0.3, 0.4) is 0 Å². The van der Waals surface area contributed by atoms with Gasteiger partial charge < -0.3 is 9.47 Å². The highest BCUT2D eigenvalue weighted by molar-refractivity contribution is 9.09. The van der Waals surface area contributed by atoms with Crippen LogP contribution in [0.4, 0.5) is 0 Å². The van der Waals surface area contributed by atoms with Crippen LogP contribution in [-0.2, 0) is 4.74 Å². The highest BCUT2D eigenvalue weighted by atomic mass is 79.9. The van der Waals surface area contributed by atoms with Crippen LogP contribution in [0.5, 0.6) is 5.75 Å². The van der Waals surface area contributed by atoms with E-state index in [-0.39, 0.29) is 12.2 Å².